The lowest BCUT2D eigenvalue weighted by atomic mass is 10.2. The first-order valence-electron chi connectivity index (χ1n) is 7.42. The molecule has 0 aromatic heterocycles. The van der Waals surface area contributed by atoms with Gasteiger partial charge in [-0.05, 0) is 44.5 Å². The molecule has 0 spiro atoms. The van der Waals surface area contributed by atoms with Crippen molar-refractivity contribution in [3.63, 3.8) is 0 Å². The molecule has 1 N–H and O–H groups in total. The van der Waals surface area contributed by atoms with Gasteiger partial charge in [0.1, 0.15) is 5.60 Å². The van der Waals surface area contributed by atoms with Crippen LogP contribution >= 0.6 is 15.9 Å². The Bertz CT molecular complexity index is 535. The molecule has 0 unspecified atom stereocenters. The summed E-state index contributed by atoms with van der Waals surface area (Å²) in [6.45, 7) is 8.42. The van der Waals surface area contributed by atoms with E-state index >= 15 is 0 Å². The molecule has 5 nitrogen and oxygen atoms in total. The van der Waals surface area contributed by atoms with E-state index in [2.05, 4.69) is 20.8 Å². The van der Waals surface area contributed by atoms with Crippen molar-refractivity contribution in [2.45, 2.75) is 33.0 Å². The van der Waals surface area contributed by atoms with Crippen molar-refractivity contribution >= 4 is 27.7 Å². The number of aliphatic hydroxyl groups excluding tert-OH is 1. The number of piperazine rings is 1. The Morgan fingerprint density at radius 3 is 2.45 bits per heavy atom. The maximum Gasteiger partial charge on any atom is 0.410 e. The minimum absolute atomic E-state index is 0.00625. The van der Waals surface area contributed by atoms with E-state index in [1.54, 1.807) is 4.90 Å². The van der Waals surface area contributed by atoms with Gasteiger partial charge in [-0.1, -0.05) is 15.9 Å². The van der Waals surface area contributed by atoms with Crippen LogP contribution in [0.15, 0.2) is 22.7 Å². The summed E-state index contributed by atoms with van der Waals surface area (Å²) in [5.41, 5.74) is 1.47. The van der Waals surface area contributed by atoms with Gasteiger partial charge in [0, 0.05) is 36.3 Å². The molecule has 0 bridgehead atoms. The van der Waals surface area contributed by atoms with Crippen LogP contribution in [0.25, 0.3) is 0 Å². The molecule has 1 aliphatic rings. The van der Waals surface area contributed by atoms with Crippen molar-refractivity contribution in [1.29, 1.82) is 0 Å². The number of ether oxygens (including phenoxy) is 1. The second-order valence-corrected chi connectivity index (χ2v) is 7.24. The molecule has 1 aliphatic heterocycles. The molecule has 6 heteroatoms. The number of aliphatic hydroxyl groups is 1. The molecule has 2 rings (SSSR count). The number of benzene rings is 1. The summed E-state index contributed by atoms with van der Waals surface area (Å²) in [5.74, 6) is 0. The van der Waals surface area contributed by atoms with Gasteiger partial charge in [-0.15, -0.1) is 0 Å². The fraction of sp³-hybridized carbons (Fsp3) is 0.562. The van der Waals surface area contributed by atoms with Gasteiger partial charge in [0.2, 0.25) is 0 Å². The first kappa shape index (κ1) is 17.1. The SMILES string of the molecule is CC(C)(C)OC(=O)N1CCN(c2ccc(Br)c(CO)c2)CC1. The topological polar surface area (TPSA) is 53.0 Å². The summed E-state index contributed by atoms with van der Waals surface area (Å²) in [4.78, 5) is 16.0. The molecule has 1 saturated heterocycles. The minimum Gasteiger partial charge on any atom is -0.444 e. The highest BCUT2D eigenvalue weighted by Crippen LogP contribution is 2.25. The van der Waals surface area contributed by atoms with Crippen LogP contribution in [-0.4, -0.2) is 47.9 Å². The van der Waals surface area contributed by atoms with Crippen LogP contribution in [0.2, 0.25) is 0 Å². The predicted molar refractivity (Wildman–Crippen MR) is 90.1 cm³/mol. The fourth-order valence-corrected chi connectivity index (χ4v) is 2.72. The highest BCUT2D eigenvalue weighted by Gasteiger charge is 2.26. The van der Waals surface area contributed by atoms with Crippen LogP contribution in [0.3, 0.4) is 0 Å². The zero-order chi connectivity index (χ0) is 16.3. The first-order valence-corrected chi connectivity index (χ1v) is 8.21. The van der Waals surface area contributed by atoms with Gasteiger partial charge < -0.3 is 19.6 Å². The van der Waals surface area contributed by atoms with Crippen LogP contribution in [0, 0.1) is 0 Å². The standard InChI is InChI=1S/C16H23BrN2O3/c1-16(2,3)22-15(21)19-8-6-18(7-9-19)13-4-5-14(17)12(10-13)11-20/h4-5,10,20H,6-9,11H2,1-3H3. The van der Waals surface area contributed by atoms with E-state index in [1.165, 1.54) is 0 Å². The molecule has 22 heavy (non-hydrogen) atoms. The summed E-state index contributed by atoms with van der Waals surface area (Å²) >= 11 is 3.42. The number of rotatable bonds is 2. The van der Waals surface area contributed by atoms with E-state index in [-0.39, 0.29) is 12.7 Å². The van der Waals surface area contributed by atoms with E-state index in [0.29, 0.717) is 13.1 Å². The number of hydrogen-bond donors (Lipinski definition) is 1. The first-order chi connectivity index (χ1) is 10.3. The van der Waals surface area contributed by atoms with Crippen LogP contribution in [0.5, 0.6) is 0 Å². The molecule has 122 valence electrons. The van der Waals surface area contributed by atoms with E-state index in [4.69, 9.17) is 4.74 Å². The van der Waals surface area contributed by atoms with Gasteiger partial charge >= 0.3 is 6.09 Å². The van der Waals surface area contributed by atoms with E-state index in [9.17, 15) is 9.90 Å². The number of carbonyl (C=O) groups excluding carboxylic acids is 1. The molecule has 1 fully saturated rings. The third-order valence-corrected chi connectivity index (χ3v) is 4.27. The molecule has 0 saturated carbocycles. The van der Waals surface area contributed by atoms with Crippen molar-refractivity contribution in [3.05, 3.63) is 28.2 Å². The number of anilines is 1. The number of amides is 1. The fourth-order valence-electron chi connectivity index (χ4n) is 2.35. The molecule has 1 amide bonds. The van der Waals surface area contributed by atoms with Gasteiger partial charge in [0.25, 0.3) is 0 Å². The summed E-state index contributed by atoms with van der Waals surface area (Å²) < 4.78 is 6.31. The van der Waals surface area contributed by atoms with Crippen molar-refractivity contribution in [1.82, 2.24) is 4.90 Å². The smallest absolute Gasteiger partial charge is 0.410 e. The molecule has 1 aromatic carbocycles. The lowest BCUT2D eigenvalue weighted by Gasteiger charge is -2.37. The van der Waals surface area contributed by atoms with Gasteiger partial charge in [0.15, 0.2) is 0 Å². The zero-order valence-electron chi connectivity index (χ0n) is 13.3. The van der Waals surface area contributed by atoms with Crippen LogP contribution in [0.1, 0.15) is 26.3 Å². The van der Waals surface area contributed by atoms with Crippen molar-refractivity contribution < 1.29 is 14.6 Å². The Morgan fingerprint density at radius 2 is 1.91 bits per heavy atom. The molecule has 0 aliphatic carbocycles. The number of carbonyl (C=O) groups is 1. The Morgan fingerprint density at radius 1 is 1.27 bits per heavy atom. The number of nitrogens with zero attached hydrogens (tertiary/aromatic N) is 2. The Labute approximate surface area is 140 Å². The van der Waals surface area contributed by atoms with E-state index in [0.717, 1.165) is 28.8 Å². The normalized spacial score (nSPS) is 15.9. The number of halogens is 1. The lowest BCUT2D eigenvalue weighted by molar-refractivity contribution is 0.0240. The lowest BCUT2D eigenvalue weighted by Crippen LogP contribution is -2.50. The van der Waals surface area contributed by atoms with E-state index in [1.807, 2.05) is 39.0 Å². The van der Waals surface area contributed by atoms with Crippen LogP contribution < -0.4 is 4.90 Å². The summed E-state index contributed by atoms with van der Waals surface area (Å²) in [6, 6.07) is 5.95. The maximum atomic E-state index is 12.0. The highest BCUT2D eigenvalue weighted by molar-refractivity contribution is 9.10. The maximum absolute atomic E-state index is 12.0. The van der Waals surface area contributed by atoms with E-state index < -0.39 is 5.60 Å². The third-order valence-electron chi connectivity index (χ3n) is 3.50. The van der Waals surface area contributed by atoms with Crippen molar-refractivity contribution in [2.75, 3.05) is 31.1 Å². The Balaban J connectivity index is 1.96. The molecule has 1 aromatic rings. The minimum atomic E-state index is -0.462. The molecule has 1 heterocycles. The van der Waals surface area contributed by atoms with Crippen LogP contribution in [0.4, 0.5) is 10.5 Å². The van der Waals surface area contributed by atoms with Crippen molar-refractivity contribution in [3.8, 4) is 0 Å². The van der Waals surface area contributed by atoms with Gasteiger partial charge in [0.05, 0.1) is 6.61 Å². The quantitative estimate of drug-likeness (QED) is 0.869. The highest BCUT2D eigenvalue weighted by atomic mass is 79.9. The Kier molecular flexibility index (Phi) is 5.34. The average Bonchev–Trinajstić information content (AvgIpc) is 2.46. The molecule has 0 radical (unpaired) electrons. The van der Waals surface area contributed by atoms with Crippen molar-refractivity contribution in [2.24, 2.45) is 0 Å². The molecular weight excluding hydrogens is 348 g/mol. The Hall–Kier alpha value is -1.27. The second-order valence-electron chi connectivity index (χ2n) is 6.39. The van der Waals surface area contributed by atoms with Gasteiger partial charge in [-0.3, -0.25) is 0 Å². The monoisotopic (exact) mass is 370 g/mol. The summed E-state index contributed by atoms with van der Waals surface area (Å²) in [5, 5.41) is 9.35. The zero-order valence-corrected chi connectivity index (χ0v) is 14.9. The predicted octanol–water partition coefficient (Wildman–Crippen LogP) is 3.00. The number of hydrogen-bond acceptors (Lipinski definition) is 4. The summed E-state index contributed by atoms with van der Waals surface area (Å²) in [7, 11) is 0. The van der Waals surface area contributed by atoms with Crippen LogP contribution in [-0.2, 0) is 11.3 Å². The average molecular weight is 371 g/mol. The van der Waals surface area contributed by atoms with Gasteiger partial charge in [-0.2, -0.15) is 0 Å². The molecular formula is C16H23BrN2O3. The third kappa shape index (κ3) is 4.36. The molecule has 0 atom stereocenters. The summed E-state index contributed by atoms with van der Waals surface area (Å²) in [6.07, 6.45) is -0.251. The largest absolute Gasteiger partial charge is 0.444 e. The van der Waals surface area contributed by atoms with Gasteiger partial charge in [-0.25, -0.2) is 4.79 Å². The second kappa shape index (κ2) is 6.87.